The molecule has 0 aliphatic heterocycles. The molecule has 1 fully saturated rings. The predicted molar refractivity (Wildman–Crippen MR) is 52.1 cm³/mol. The molecular weight excluding hydrogens is 176 g/mol. The highest BCUT2D eigenvalue weighted by Gasteiger charge is 2.45. The summed E-state index contributed by atoms with van der Waals surface area (Å²) in [5.74, 6) is 0.599. The molecule has 0 amide bonds. The van der Waals surface area contributed by atoms with Crippen LogP contribution in [-0.2, 0) is 5.41 Å². The Hall–Kier alpha value is -1.56. The summed E-state index contributed by atoms with van der Waals surface area (Å²) >= 11 is 0. The van der Waals surface area contributed by atoms with Gasteiger partial charge in [-0.25, -0.2) is 4.98 Å². The van der Waals surface area contributed by atoms with Crippen molar-refractivity contribution >= 4 is 0 Å². The third-order valence-electron chi connectivity index (χ3n) is 2.66. The second kappa shape index (κ2) is 2.98. The number of nitrogens with zero attached hydrogens (tertiary/aromatic N) is 2. The number of hydrogen-bond acceptors (Lipinski definition) is 3. The average Bonchev–Trinajstić information content (AvgIpc) is 2.97. The molecule has 0 bridgehead atoms. The molecule has 0 N–H and O–H groups in total. The van der Waals surface area contributed by atoms with Crippen molar-refractivity contribution in [2.45, 2.75) is 25.2 Å². The minimum atomic E-state index is -0.249. The number of aromatic nitrogens is 1. The Kier molecular flexibility index (Phi) is 1.92. The zero-order chi connectivity index (χ0) is 10.2. The number of aryl methyl sites for hydroxylation is 1. The van der Waals surface area contributed by atoms with Crippen molar-refractivity contribution < 1.29 is 4.74 Å². The fourth-order valence-electron chi connectivity index (χ4n) is 1.61. The third-order valence-corrected chi connectivity index (χ3v) is 2.66. The van der Waals surface area contributed by atoms with Gasteiger partial charge in [-0.2, -0.15) is 5.26 Å². The molecule has 0 radical (unpaired) electrons. The van der Waals surface area contributed by atoms with E-state index in [0.717, 1.165) is 24.1 Å². The molecule has 72 valence electrons. The van der Waals surface area contributed by atoms with Crippen molar-refractivity contribution in [3.05, 3.63) is 23.4 Å². The Balaban J connectivity index is 2.45. The van der Waals surface area contributed by atoms with E-state index in [0.29, 0.717) is 5.88 Å². The van der Waals surface area contributed by atoms with Crippen LogP contribution in [0, 0.1) is 18.3 Å². The van der Waals surface area contributed by atoms with Crippen molar-refractivity contribution in [1.82, 2.24) is 4.98 Å². The van der Waals surface area contributed by atoms with Gasteiger partial charge in [0.05, 0.1) is 18.6 Å². The monoisotopic (exact) mass is 188 g/mol. The fraction of sp³-hybridized carbons (Fsp3) is 0.455. The van der Waals surface area contributed by atoms with Crippen LogP contribution in [0.2, 0.25) is 0 Å². The molecule has 3 heteroatoms. The minimum absolute atomic E-state index is 0.249. The molecule has 1 saturated carbocycles. The zero-order valence-electron chi connectivity index (χ0n) is 8.37. The van der Waals surface area contributed by atoms with E-state index >= 15 is 0 Å². The largest absolute Gasteiger partial charge is 0.481 e. The lowest BCUT2D eigenvalue weighted by atomic mass is 9.98. The Labute approximate surface area is 83.3 Å². The topological polar surface area (TPSA) is 45.9 Å². The van der Waals surface area contributed by atoms with Crippen LogP contribution in [0.3, 0.4) is 0 Å². The molecule has 0 spiro atoms. The van der Waals surface area contributed by atoms with E-state index in [1.165, 1.54) is 0 Å². The van der Waals surface area contributed by atoms with Crippen LogP contribution in [0.4, 0.5) is 0 Å². The highest BCUT2D eigenvalue weighted by atomic mass is 16.5. The van der Waals surface area contributed by atoms with Crippen molar-refractivity contribution in [3.8, 4) is 11.9 Å². The van der Waals surface area contributed by atoms with Crippen LogP contribution >= 0.6 is 0 Å². The van der Waals surface area contributed by atoms with Crippen LogP contribution in [0.1, 0.15) is 24.1 Å². The molecule has 1 aliphatic carbocycles. The number of nitriles is 1. The van der Waals surface area contributed by atoms with Gasteiger partial charge in [-0.15, -0.1) is 0 Å². The molecule has 1 heterocycles. The van der Waals surface area contributed by atoms with Crippen LogP contribution < -0.4 is 4.74 Å². The van der Waals surface area contributed by atoms with Crippen LogP contribution in [-0.4, -0.2) is 12.1 Å². The molecule has 14 heavy (non-hydrogen) atoms. The van der Waals surface area contributed by atoms with E-state index in [1.807, 2.05) is 19.1 Å². The summed E-state index contributed by atoms with van der Waals surface area (Å²) in [5.41, 5.74) is 1.70. The molecule has 0 saturated heterocycles. The van der Waals surface area contributed by atoms with Gasteiger partial charge in [0.1, 0.15) is 0 Å². The second-order valence-corrected chi connectivity index (χ2v) is 3.73. The lowest BCUT2D eigenvalue weighted by Gasteiger charge is -2.08. The molecule has 1 aromatic rings. The predicted octanol–water partition coefficient (Wildman–Crippen LogP) is 1.95. The summed E-state index contributed by atoms with van der Waals surface area (Å²) in [7, 11) is 1.59. The number of pyridine rings is 1. The van der Waals surface area contributed by atoms with E-state index in [4.69, 9.17) is 10.00 Å². The lowest BCUT2D eigenvalue weighted by Crippen LogP contribution is -2.04. The van der Waals surface area contributed by atoms with E-state index in [2.05, 4.69) is 11.1 Å². The number of rotatable bonds is 2. The molecule has 1 aliphatic rings. The smallest absolute Gasteiger partial charge is 0.213 e. The Bertz CT molecular complexity index is 402. The Morgan fingerprint density at radius 2 is 2.21 bits per heavy atom. The lowest BCUT2D eigenvalue weighted by molar-refractivity contribution is 0.396. The van der Waals surface area contributed by atoms with E-state index in [1.54, 1.807) is 7.11 Å². The van der Waals surface area contributed by atoms with Crippen LogP contribution in [0.15, 0.2) is 12.1 Å². The fourth-order valence-corrected chi connectivity index (χ4v) is 1.61. The minimum Gasteiger partial charge on any atom is -0.481 e. The van der Waals surface area contributed by atoms with Gasteiger partial charge in [-0.05, 0) is 31.4 Å². The Morgan fingerprint density at radius 1 is 1.50 bits per heavy atom. The van der Waals surface area contributed by atoms with E-state index in [9.17, 15) is 0 Å². The van der Waals surface area contributed by atoms with Gasteiger partial charge in [0.25, 0.3) is 0 Å². The first-order valence-corrected chi connectivity index (χ1v) is 4.65. The van der Waals surface area contributed by atoms with Gasteiger partial charge in [0.15, 0.2) is 0 Å². The van der Waals surface area contributed by atoms with Gasteiger partial charge < -0.3 is 4.74 Å². The second-order valence-electron chi connectivity index (χ2n) is 3.73. The maximum Gasteiger partial charge on any atom is 0.213 e. The molecule has 0 aromatic carbocycles. The van der Waals surface area contributed by atoms with Crippen molar-refractivity contribution in [2.75, 3.05) is 7.11 Å². The third kappa shape index (κ3) is 1.33. The van der Waals surface area contributed by atoms with Gasteiger partial charge >= 0.3 is 0 Å². The number of ether oxygens (including phenoxy) is 1. The van der Waals surface area contributed by atoms with E-state index in [-0.39, 0.29) is 5.41 Å². The maximum atomic E-state index is 9.05. The number of hydrogen-bond donors (Lipinski definition) is 0. The van der Waals surface area contributed by atoms with Crippen LogP contribution in [0.25, 0.3) is 0 Å². The highest BCUT2D eigenvalue weighted by molar-refractivity contribution is 5.41. The summed E-state index contributed by atoms with van der Waals surface area (Å²) in [5, 5.41) is 9.05. The van der Waals surface area contributed by atoms with Crippen molar-refractivity contribution in [1.29, 1.82) is 5.26 Å². The maximum absolute atomic E-state index is 9.05. The molecule has 2 rings (SSSR count). The first-order chi connectivity index (χ1) is 6.70. The summed E-state index contributed by atoms with van der Waals surface area (Å²) in [6.07, 6.45) is 1.91. The van der Waals surface area contributed by atoms with Crippen molar-refractivity contribution in [3.63, 3.8) is 0 Å². The molecule has 0 unspecified atom stereocenters. The number of methoxy groups -OCH3 is 1. The zero-order valence-corrected chi connectivity index (χ0v) is 8.37. The average molecular weight is 188 g/mol. The normalized spacial score (nSPS) is 17.2. The summed E-state index contributed by atoms with van der Waals surface area (Å²) in [6.45, 7) is 1.92. The van der Waals surface area contributed by atoms with Gasteiger partial charge in [0, 0.05) is 11.8 Å². The standard InChI is InChI=1S/C11H12N2O/c1-8-5-9(6-10(13-8)14-2)11(7-12)3-4-11/h5-6H,3-4H2,1-2H3. The summed E-state index contributed by atoms with van der Waals surface area (Å²) < 4.78 is 5.08. The van der Waals surface area contributed by atoms with Gasteiger partial charge in [-0.3, -0.25) is 0 Å². The first kappa shape index (κ1) is 9.01. The van der Waals surface area contributed by atoms with Crippen molar-refractivity contribution in [2.24, 2.45) is 0 Å². The quantitative estimate of drug-likeness (QED) is 0.712. The van der Waals surface area contributed by atoms with Gasteiger partial charge in [-0.1, -0.05) is 0 Å². The molecule has 3 nitrogen and oxygen atoms in total. The van der Waals surface area contributed by atoms with E-state index < -0.39 is 0 Å². The van der Waals surface area contributed by atoms with Crippen LogP contribution in [0.5, 0.6) is 5.88 Å². The molecule has 0 atom stereocenters. The van der Waals surface area contributed by atoms with Gasteiger partial charge in [0.2, 0.25) is 5.88 Å². The SMILES string of the molecule is COc1cc(C2(C#N)CC2)cc(C)n1. The highest BCUT2D eigenvalue weighted by Crippen LogP contribution is 2.48. The summed E-state index contributed by atoms with van der Waals surface area (Å²) in [4.78, 5) is 4.20. The first-order valence-electron chi connectivity index (χ1n) is 4.65. The summed E-state index contributed by atoms with van der Waals surface area (Å²) in [6, 6.07) is 6.20. The Morgan fingerprint density at radius 3 is 2.71 bits per heavy atom. The molecule has 1 aromatic heterocycles. The molecular formula is C11H12N2O.